The van der Waals surface area contributed by atoms with Gasteiger partial charge >= 0.3 is 7.82 Å². The summed E-state index contributed by atoms with van der Waals surface area (Å²) in [5, 5.41) is 13.0. The number of aliphatic hydroxyl groups is 1. The fraction of sp³-hybridized carbons (Fsp3) is 0.762. The molecular weight excluding hydrogens is 407 g/mol. The van der Waals surface area contributed by atoms with E-state index in [0.29, 0.717) is 11.0 Å². The molecular formula is C21H42N2O6P+. The van der Waals surface area contributed by atoms with Crippen molar-refractivity contribution in [1.29, 1.82) is 0 Å². The molecule has 0 fully saturated rings. The third-order valence-electron chi connectivity index (χ3n) is 4.24. The van der Waals surface area contributed by atoms with Crippen molar-refractivity contribution in [3.8, 4) is 0 Å². The minimum atomic E-state index is -4.28. The molecule has 0 heterocycles. The molecule has 0 saturated heterocycles. The van der Waals surface area contributed by atoms with E-state index in [-0.39, 0.29) is 25.5 Å². The van der Waals surface area contributed by atoms with E-state index < -0.39 is 20.0 Å². The van der Waals surface area contributed by atoms with Crippen LogP contribution in [0.1, 0.15) is 52.4 Å². The van der Waals surface area contributed by atoms with E-state index in [1.54, 1.807) is 13.0 Å². The van der Waals surface area contributed by atoms with Crippen molar-refractivity contribution in [3.05, 3.63) is 24.3 Å². The fourth-order valence-electron chi connectivity index (χ4n) is 2.30. The SMILES string of the molecule is CCCC/C=C/CC/C=C/C(O)C(COP(=O)(O)OCC[N+](C)(C)C)NC(=O)CC. The van der Waals surface area contributed by atoms with E-state index in [9.17, 15) is 19.4 Å². The predicted octanol–water partition coefficient (Wildman–Crippen LogP) is 3.16. The summed E-state index contributed by atoms with van der Waals surface area (Å²) >= 11 is 0. The van der Waals surface area contributed by atoms with E-state index in [1.807, 2.05) is 27.2 Å². The molecule has 8 nitrogen and oxygen atoms in total. The molecule has 9 heteroatoms. The maximum absolute atomic E-state index is 12.1. The van der Waals surface area contributed by atoms with Gasteiger partial charge in [-0.2, -0.15) is 0 Å². The van der Waals surface area contributed by atoms with Crippen molar-refractivity contribution >= 4 is 13.7 Å². The first-order valence-electron chi connectivity index (χ1n) is 10.7. The van der Waals surface area contributed by atoms with Gasteiger partial charge in [-0.3, -0.25) is 13.8 Å². The summed E-state index contributed by atoms with van der Waals surface area (Å²) in [6.07, 6.45) is 11.9. The van der Waals surface area contributed by atoms with Gasteiger partial charge < -0.3 is 19.8 Å². The average Bonchev–Trinajstić information content (AvgIpc) is 2.65. The van der Waals surface area contributed by atoms with E-state index >= 15 is 0 Å². The lowest BCUT2D eigenvalue weighted by Crippen LogP contribution is -2.45. The van der Waals surface area contributed by atoms with Crippen LogP contribution in [0.3, 0.4) is 0 Å². The number of hydrogen-bond donors (Lipinski definition) is 3. The number of hydrogen-bond acceptors (Lipinski definition) is 5. The minimum Gasteiger partial charge on any atom is -0.387 e. The molecule has 1 amide bonds. The molecule has 30 heavy (non-hydrogen) atoms. The normalized spacial score (nSPS) is 16.6. The van der Waals surface area contributed by atoms with Gasteiger partial charge in [0.05, 0.1) is 39.9 Å². The Morgan fingerprint density at radius 2 is 1.73 bits per heavy atom. The van der Waals surface area contributed by atoms with Crippen molar-refractivity contribution in [2.24, 2.45) is 0 Å². The number of rotatable bonds is 17. The maximum Gasteiger partial charge on any atom is 0.472 e. The molecule has 3 N–H and O–H groups in total. The van der Waals surface area contributed by atoms with Crippen molar-refractivity contribution in [2.45, 2.75) is 64.5 Å². The number of carbonyl (C=O) groups excluding carboxylic acids is 1. The second-order valence-corrected chi connectivity index (χ2v) is 9.70. The summed E-state index contributed by atoms with van der Waals surface area (Å²) in [5.74, 6) is -0.284. The van der Waals surface area contributed by atoms with Crippen LogP contribution in [0.4, 0.5) is 0 Å². The molecule has 0 aliphatic rings. The second-order valence-electron chi connectivity index (χ2n) is 8.25. The number of allylic oxidation sites excluding steroid dienone is 3. The highest BCUT2D eigenvalue weighted by Crippen LogP contribution is 2.43. The first-order valence-corrected chi connectivity index (χ1v) is 12.2. The largest absolute Gasteiger partial charge is 0.472 e. The molecule has 0 aromatic carbocycles. The van der Waals surface area contributed by atoms with Gasteiger partial charge in [0.15, 0.2) is 0 Å². The lowest BCUT2D eigenvalue weighted by Gasteiger charge is -2.25. The van der Waals surface area contributed by atoms with Crippen molar-refractivity contribution in [1.82, 2.24) is 5.32 Å². The third-order valence-corrected chi connectivity index (χ3v) is 5.22. The quantitative estimate of drug-likeness (QED) is 0.136. The Labute approximate surface area is 182 Å². The predicted molar refractivity (Wildman–Crippen MR) is 120 cm³/mol. The Morgan fingerprint density at radius 3 is 2.33 bits per heavy atom. The molecule has 3 unspecified atom stereocenters. The number of nitrogens with one attached hydrogen (secondary N) is 1. The molecule has 0 aromatic rings. The monoisotopic (exact) mass is 449 g/mol. The number of phosphoric acid groups is 1. The third kappa shape index (κ3) is 16.7. The fourth-order valence-corrected chi connectivity index (χ4v) is 3.03. The van der Waals surface area contributed by atoms with Crippen LogP contribution in [-0.2, 0) is 18.4 Å². The van der Waals surface area contributed by atoms with Gasteiger partial charge in [0.2, 0.25) is 5.91 Å². The number of aliphatic hydroxyl groups excluding tert-OH is 1. The lowest BCUT2D eigenvalue weighted by molar-refractivity contribution is -0.870. The first kappa shape index (κ1) is 29.0. The van der Waals surface area contributed by atoms with Crippen LogP contribution in [0.5, 0.6) is 0 Å². The van der Waals surface area contributed by atoms with Crippen LogP contribution in [0, 0.1) is 0 Å². The van der Waals surface area contributed by atoms with Gasteiger partial charge in [-0.25, -0.2) is 4.57 Å². The molecule has 0 rings (SSSR count). The molecule has 0 saturated carbocycles. The molecule has 3 atom stereocenters. The van der Waals surface area contributed by atoms with Crippen LogP contribution < -0.4 is 5.32 Å². The first-order chi connectivity index (χ1) is 14.0. The zero-order chi connectivity index (χ0) is 23.0. The van der Waals surface area contributed by atoms with Gasteiger partial charge in [0, 0.05) is 6.42 Å². The average molecular weight is 450 g/mol. The highest BCUT2D eigenvalue weighted by molar-refractivity contribution is 7.47. The number of amides is 1. The number of carbonyl (C=O) groups is 1. The van der Waals surface area contributed by atoms with Gasteiger partial charge in [0.1, 0.15) is 13.2 Å². The Hall–Kier alpha value is -1.02. The zero-order valence-electron chi connectivity index (χ0n) is 19.2. The number of quaternary nitrogens is 1. The van der Waals surface area contributed by atoms with Crippen LogP contribution in [0.15, 0.2) is 24.3 Å². The van der Waals surface area contributed by atoms with E-state index in [2.05, 4.69) is 24.4 Å². The summed E-state index contributed by atoms with van der Waals surface area (Å²) in [6, 6.07) is -0.851. The Morgan fingerprint density at radius 1 is 1.10 bits per heavy atom. The van der Waals surface area contributed by atoms with E-state index in [0.717, 1.165) is 19.3 Å². The van der Waals surface area contributed by atoms with Crippen LogP contribution in [0.2, 0.25) is 0 Å². The van der Waals surface area contributed by atoms with Crippen molar-refractivity contribution in [3.63, 3.8) is 0 Å². The minimum absolute atomic E-state index is 0.0531. The molecule has 0 aromatic heterocycles. The summed E-state index contributed by atoms with van der Waals surface area (Å²) in [6.45, 7) is 4.08. The number of unbranched alkanes of at least 4 members (excludes halogenated alkanes) is 3. The molecule has 0 radical (unpaired) electrons. The van der Waals surface area contributed by atoms with Gasteiger partial charge in [-0.1, -0.05) is 51.0 Å². The molecule has 0 spiro atoms. The molecule has 0 aliphatic heterocycles. The topological polar surface area (TPSA) is 105 Å². The Kier molecular flexibility index (Phi) is 15.2. The number of nitrogens with zero attached hydrogens (tertiary/aromatic N) is 1. The van der Waals surface area contributed by atoms with E-state index in [1.165, 1.54) is 12.8 Å². The highest BCUT2D eigenvalue weighted by atomic mass is 31.2. The summed E-state index contributed by atoms with van der Waals surface area (Å²) in [4.78, 5) is 21.6. The zero-order valence-corrected chi connectivity index (χ0v) is 20.1. The van der Waals surface area contributed by atoms with Gasteiger partial charge in [0.25, 0.3) is 0 Å². The molecule has 0 bridgehead atoms. The van der Waals surface area contributed by atoms with E-state index in [4.69, 9.17) is 9.05 Å². The lowest BCUT2D eigenvalue weighted by atomic mass is 10.1. The second kappa shape index (κ2) is 15.7. The molecule has 0 aliphatic carbocycles. The molecule has 176 valence electrons. The van der Waals surface area contributed by atoms with Crippen LogP contribution in [0.25, 0.3) is 0 Å². The standard InChI is InChI=1S/C21H41N2O6P/c1-6-8-9-10-11-12-13-14-15-20(24)19(22-21(25)7-2)18-29-30(26,27)28-17-16-23(3,4)5/h10-11,14-15,19-20,24H,6-9,12-13,16-18H2,1-5H3,(H-,22,25,26,27)/p+1/b11-10+,15-14+. The Balaban J connectivity index is 4.63. The van der Waals surface area contributed by atoms with Crippen LogP contribution >= 0.6 is 7.82 Å². The smallest absolute Gasteiger partial charge is 0.387 e. The highest BCUT2D eigenvalue weighted by Gasteiger charge is 2.27. The number of phosphoric ester groups is 1. The van der Waals surface area contributed by atoms with Crippen LogP contribution in [-0.4, -0.2) is 73.4 Å². The summed E-state index contributed by atoms with van der Waals surface area (Å²) < 4.78 is 22.6. The van der Waals surface area contributed by atoms with Gasteiger partial charge in [-0.05, 0) is 19.3 Å². The van der Waals surface area contributed by atoms with Crippen molar-refractivity contribution < 1.29 is 32.9 Å². The Bertz CT molecular complexity index is 574. The van der Waals surface area contributed by atoms with Gasteiger partial charge in [-0.15, -0.1) is 0 Å². The summed E-state index contributed by atoms with van der Waals surface area (Å²) in [5.41, 5.74) is 0. The van der Waals surface area contributed by atoms with Crippen molar-refractivity contribution in [2.75, 3.05) is 40.9 Å². The summed E-state index contributed by atoms with van der Waals surface area (Å²) in [7, 11) is 1.53. The maximum atomic E-state index is 12.1. The number of likely N-dealkylation sites (N-methyl/N-ethyl adjacent to an activating group) is 1.